The van der Waals surface area contributed by atoms with Crippen molar-refractivity contribution in [2.45, 2.75) is 25.7 Å². The first-order chi connectivity index (χ1) is 11.0. The second-order valence-corrected chi connectivity index (χ2v) is 5.10. The summed E-state index contributed by atoms with van der Waals surface area (Å²) in [5.41, 5.74) is 0.820. The molecule has 0 unspecified atom stereocenters. The lowest BCUT2D eigenvalue weighted by Crippen LogP contribution is -2.61. The van der Waals surface area contributed by atoms with Crippen LogP contribution in [0, 0.1) is 5.92 Å². The molecule has 2 rings (SSSR count). The maximum atomic E-state index is 11.7. The van der Waals surface area contributed by atoms with Crippen molar-refractivity contribution >= 4 is 18.0 Å². The van der Waals surface area contributed by atoms with Gasteiger partial charge in [-0.1, -0.05) is 36.4 Å². The van der Waals surface area contributed by atoms with Crippen molar-refractivity contribution in [3.63, 3.8) is 0 Å². The van der Waals surface area contributed by atoms with E-state index < -0.39 is 30.2 Å². The molecule has 0 radical (unpaired) electrons. The summed E-state index contributed by atoms with van der Waals surface area (Å²) in [4.78, 5) is 33.7. The van der Waals surface area contributed by atoms with Gasteiger partial charge in [-0.05, 0) is 12.5 Å². The predicted octanol–water partition coefficient (Wildman–Crippen LogP) is 1.48. The van der Waals surface area contributed by atoms with Gasteiger partial charge in [-0.2, -0.15) is 0 Å². The van der Waals surface area contributed by atoms with Crippen LogP contribution in [0.4, 0.5) is 4.79 Å². The van der Waals surface area contributed by atoms with Crippen LogP contribution >= 0.6 is 0 Å². The molecule has 1 heterocycles. The number of hydrogen-bond donors (Lipinski definition) is 2. The van der Waals surface area contributed by atoms with Crippen LogP contribution < -0.4 is 5.32 Å². The van der Waals surface area contributed by atoms with Crippen LogP contribution in [0.25, 0.3) is 0 Å². The van der Waals surface area contributed by atoms with E-state index in [2.05, 4.69) is 5.32 Å². The Kier molecular flexibility index (Phi) is 5.35. The number of ether oxygens (including phenoxy) is 2. The summed E-state index contributed by atoms with van der Waals surface area (Å²) in [5, 5.41) is 11.1. The molecule has 0 aliphatic carbocycles. The molecule has 1 aromatic rings. The first-order valence-corrected chi connectivity index (χ1v) is 7.06. The van der Waals surface area contributed by atoms with Gasteiger partial charge in [-0.25, -0.2) is 9.59 Å². The Balaban J connectivity index is 1.82. The quantitative estimate of drug-likeness (QED) is 0.468. The maximum absolute atomic E-state index is 11.7. The van der Waals surface area contributed by atoms with Gasteiger partial charge in [-0.3, -0.25) is 4.79 Å². The molecule has 3 atom stereocenters. The molecule has 1 aliphatic heterocycles. The number of hydrogen-bond acceptors (Lipinski definition) is 5. The van der Waals surface area contributed by atoms with E-state index in [1.165, 1.54) is 6.08 Å². The zero-order valence-corrected chi connectivity index (χ0v) is 12.5. The van der Waals surface area contributed by atoms with Crippen molar-refractivity contribution < 1.29 is 29.0 Å². The summed E-state index contributed by atoms with van der Waals surface area (Å²) in [6, 6.07) is 8.64. The number of carboxylic acid groups (broad SMARTS) is 1. The zero-order chi connectivity index (χ0) is 16.8. The standard InChI is InChI=1S/C16H17NO6/c1-10(14-12(17-15(14)20)7-8-13(18)19)23-16(21)22-9-11-5-3-2-4-6-11/h2-8,10,12,14H,9H2,1H3,(H,17,20)(H,18,19)/t10-,12+,14-/m1/s1. The molecular formula is C16H17NO6. The summed E-state index contributed by atoms with van der Waals surface area (Å²) < 4.78 is 10.1. The van der Waals surface area contributed by atoms with Gasteiger partial charge in [0.05, 0.1) is 12.0 Å². The molecule has 1 aromatic carbocycles. The molecule has 0 aromatic heterocycles. The molecule has 2 N–H and O–H groups in total. The predicted molar refractivity (Wildman–Crippen MR) is 79.4 cm³/mol. The third-order valence-electron chi connectivity index (χ3n) is 3.43. The normalized spacial score (nSPS) is 21.2. The highest BCUT2D eigenvalue weighted by Gasteiger charge is 2.43. The summed E-state index contributed by atoms with van der Waals surface area (Å²) in [7, 11) is 0. The molecule has 1 fully saturated rings. The first-order valence-electron chi connectivity index (χ1n) is 7.06. The molecule has 7 heteroatoms. The molecule has 0 spiro atoms. The average Bonchev–Trinajstić information content (AvgIpc) is 2.49. The average molecular weight is 319 g/mol. The Labute approximate surface area is 132 Å². The zero-order valence-electron chi connectivity index (χ0n) is 12.5. The van der Waals surface area contributed by atoms with E-state index in [1.54, 1.807) is 6.92 Å². The summed E-state index contributed by atoms with van der Waals surface area (Å²) >= 11 is 0. The molecule has 1 aliphatic rings. The van der Waals surface area contributed by atoms with Crippen LogP contribution in [0.15, 0.2) is 42.5 Å². The van der Waals surface area contributed by atoms with E-state index >= 15 is 0 Å². The van der Waals surface area contributed by atoms with E-state index in [9.17, 15) is 14.4 Å². The van der Waals surface area contributed by atoms with Crippen LogP contribution in [0.3, 0.4) is 0 Å². The number of rotatable bonds is 6. The SMILES string of the molecule is C[C@@H](OC(=O)OCc1ccccc1)[C@H]1C(=O)N[C@H]1C=CC(=O)O. The second kappa shape index (κ2) is 7.44. The van der Waals surface area contributed by atoms with Crippen LogP contribution in [0.5, 0.6) is 0 Å². The van der Waals surface area contributed by atoms with Crippen molar-refractivity contribution in [3.8, 4) is 0 Å². The van der Waals surface area contributed by atoms with Crippen molar-refractivity contribution in [2.24, 2.45) is 5.92 Å². The number of carbonyl (C=O) groups is 3. The highest BCUT2D eigenvalue weighted by molar-refractivity contribution is 5.88. The Hall–Kier alpha value is -2.83. The molecule has 0 bridgehead atoms. The fourth-order valence-electron chi connectivity index (χ4n) is 2.25. The van der Waals surface area contributed by atoms with Crippen molar-refractivity contribution in [1.29, 1.82) is 0 Å². The Morgan fingerprint density at radius 1 is 1.35 bits per heavy atom. The first kappa shape index (κ1) is 16.5. The third kappa shape index (κ3) is 4.57. The summed E-state index contributed by atoms with van der Waals surface area (Å²) in [6.45, 7) is 1.64. The fourth-order valence-corrected chi connectivity index (χ4v) is 2.25. The molecule has 23 heavy (non-hydrogen) atoms. The van der Waals surface area contributed by atoms with E-state index in [4.69, 9.17) is 14.6 Å². The third-order valence-corrected chi connectivity index (χ3v) is 3.43. The molecule has 1 saturated heterocycles. The van der Waals surface area contributed by atoms with E-state index in [1.807, 2.05) is 30.3 Å². The summed E-state index contributed by atoms with van der Waals surface area (Å²) in [5.74, 6) is -2.04. The molecular weight excluding hydrogens is 302 g/mol. The Morgan fingerprint density at radius 3 is 2.65 bits per heavy atom. The van der Waals surface area contributed by atoms with Crippen LogP contribution in [0.1, 0.15) is 12.5 Å². The lowest BCUT2D eigenvalue weighted by Gasteiger charge is -2.37. The maximum Gasteiger partial charge on any atom is 0.508 e. The van der Waals surface area contributed by atoms with Gasteiger partial charge in [0.25, 0.3) is 0 Å². The number of carbonyl (C=O) groups excluding carboxylic acids is 2. The molecule has 0 saturated carbocycles. The van der Waals surface area contributed by atoms with Gasteiger partial charge < -0.3 is 19.9 Å². The van der Waals surface area contributed by atoms with Crippen molar-refractivity contribution in [2.75, 3.05) is 0 Å². The molecule has 7 nitrogen and oxygen atoms in total. The van der Waals surface area contributed by atoms with Crippen LogP contribution in [0.2, 0.25) is 0 Å². The fraction of sp³-hybridized carbons (Fsp3) is 0.312. The largest absolute Gasteiger partial charge is 0.508 e. The Morgan fingerprint density at radius 2 is 2.04 bits per heavy atom. The second-order valence-electron chi connectivity index (χ2n) is 5.10. The lowest BCUT2D eigenvalue weighted by atomic mass is 9.86. The number of benzene rings is 1. The minimum atomic E-state index is -1.11. The van der Waals surface area contributed by atoms with Gasteiger partial charge in [0.1, 0.15) is 12.7 Å². The number of nitrogens with one attached hydrogen (secondary N) is 1. The topological polar surface area (TPSA) is 102 Å². The smallest absolute Gasteiger partial charge is 0.478 e. The van der Waals surface area contributed by atoms with Crippen molar-refractivity contribution in [3.05, 3.63) is 48.0 Å². The van der Waals surface area contributed by atoms with Crippen LogP contribution in [-0.4, -0.2) is 35.3 Å². The minimum Gasteiger partial charge on any atom is -0.478 e. The van der Waals surface area contributed by atoms with E-state index in [0.717, 1.165) is 11.6 Å². The Bertz CT molecular complexity index is 612. The minimum absolute atomic E-state index is 0.0750. The van der Waals surface area contributed by atoms with Gasteiger partial charge in [-0.15, -0.1) is 0 Å². The van der Waals surface area contributed by atoms with Gasteiger partial charge >= 0.3 is 12.1 Å². The number of β-lactam (4-membered cyclic amide) rings is 1. The lowest BCUT2D eigenvalue weighted by molar-refractivity contribution is -0.140. The monoisotopic (exact) mass is 319 g/mol. The number of amides is 1. The van der Waals surface area contributed by atoms with E-state index in [-0.39, 0.29) is 12.5 Å². The van der Waals surface area contributed by atoms with Crippen LogP contribution in [-0.2, 0) is 25.7 Å². The van der Waals surface area contributed by atoms with E-state index in [0.29, 0.717) is 0 Å². The highest BCUT2D eigenvalue weighted by atomic mass is 16.7. The molecule has 122 valence electrons. The van der Waals surface area contributed by atoms with Gasteiger partial charge in [0, 0.05) is 6.08 Å². The van der Waals surface area contributed by atoms with Gasteiger partial charge in [0.15, 0.2) is 0 Å². The summed E-state index contributed by atoms with van der Waals surface area (Å²) in [6.07, 6.45) is 0.693. The molecule has 1 amide bonds. The highest BCUT2D eigenvalue weighted by Crippen LogP contribution is 2.23. The number of aliphatic carboxylic acids is 1. The number of carboxylic acids is 1. The van der Waals surface area contributed by atoms with Gasteiger partial charge in [0.2, 0.25) is 5.91 Å². The van der Waals surface area contributed by atoms with Crippen molar-refractivity contribution in [1.82, 2.24) is 5.32 Å².